The highest BCUT2D eigenvalue weighted by atomic mass is 15.1. The molecule has 2 rings (SSSR count). The van der Waals surface area contributed by atoms with E-state index < -0.39 is 0 Å². The SMILES string of the molecule is CN(CCNC1CC1)Cc1ccnnc1. The quantitative estimate of drug-likeness (QED) is 0.742. The average molecular weight is 206 g/mol. The molecular weight excluding hydrogens is 188 g/mol. The summed E-state index contributed by atoms with van der Waals surface area (Å²) in [6, 6.07) is 2.82. The normalized spacial score (nSPS) is 15.9. The highest BCUT2D eigenvalue weighted by Crippen LogP contribution is 2.17. The molecule has 82 valence electrons. The van der Waals surface area contributed by atoms with E-state index in [1.807, 2.05) is 12.3 Å². The lowest BCUT2D eigenvalue weighted by molar-refractivity contribution is 0.323. The summed E-state index contributed by atoms with van der Waals surface area (Å²) in [5, 5.41) is 11.1. The van der Waals surface area contributed by atoms with Crippen LogP contribution in [0.3, 0.4) is 0 Å². The summed E-state index contributed by atoms with van der Waals surface area (Å²) in [4.78, 5) is 2.30. The zero-order chi connectivity index (χ0) is 10.5. The van der Waals surface area contributed by atoms with Crippen molar-refractivity contribution in [1.82, 2.24) is 20.4 Å². The number of nitrogens with one attached hydrogen (secondary N) is 1. The molecule has 0 spiro atoms. The minimum atomic E-state index is 0.806. The van der Waals surface area contributed by atoms with Crippen molar-refractivity contribution in [3.05, 3.63) is 24.0 Å². The van der Waals surface area contributed by atoms with Crippen molar-refractivity contribution >= 4 is 0 Å². The maximum absolute atomic E-state index is 3.86. The van der Waals surface area contributed by atoms with Gasteiger partial charge in [-0.15, -0.1) is 0 Å². The van der Waals surface area contributed by atoms with Gasteiger partial charge < -0.3 is 10.2 Å². The van der Waals surface area contributed by atoms with E-state index in [-0.39, 0.29) is 0 Å². The number of nitrogens with zero attached hydrogens (tertiary/aromatic N) is 3. The van der Waals surface area contributed by atoms with Gasteiger partial charge in [-0.1, -0.05) is 0 Å². The average Bonchev–Trinajstić information content (AvgIpc) is 3.03. The molecule has 4 nitrogen and oxygen atoms in total. The molecule has 0 amide bonds. The number of aromatic nitrogens is 2. The highest BCUT2D eigenvalue weighted by Gasteiger charge is 2.19. The van der Waals surface area contributed by atoms with E-state index in [2.05, 4.69) is 27.5 Å². The molecule has 0 bridgehead atoms. The zero-order valence-electron chi connectivity index (χ0n) is 9.19. The van der Waals surface area contributed by atoms with Crippen molar-refractivity contribution in [3.63, 3.8) is 0 Å². The molecule has 1 aliphatic rings. The molecule has 0 radical (unpaired) electrons. The van der Waals surface area contributed by atoms with Crippen LogP contribution in [0.25, 0.3) is 0 Å². The molecule has 15 heavy (non-hydrogen) atoms. The molecule has 0 atom stereocenters. The molecular formula is C11H18N4. The van der Waals surface area contributed by atoms with Crippen molar-refractivity contribution in [3.8, 4) is 0 Å². The van der Waals surface area contributed by atoms with Crippen LogP contribution in [0.1, 0.15) is 18.4 Å². The predicted molar refractivity (Wildman–Crippen MR) is 59.4 cm³/mol. The Hall–Kier alpha value is -1.00. The van der Waals surface area contributed by atoms with Crippen LogP contribution >= 0.6 is 0 Å². The van der Waals surface area contributed by atoms with Gasteiger partial charge in [-0.2, -0.15) is 10.2 Å². The Morgan fingerprint density at radius 1 is 1.47 bits per heavy atom. The van der Waals surface area contributed by atoms with Crippen LogP contribution in [-0.4, -0.2) is 41.3 Å². The van der Waals surface area contributed by atoms with Crippen molar-refractivity contribution in [2.24, 2.45) is 0 Å². The molecule has 0 aromatic carbocycles. The van der Waals surface area contributed by atoms with Gasteiger partial charge in [0.25, 0.3) is 0 Å². The van der Waals surface area contributed by atoms with E-state index in [1.54, 1.807) is 6.20 Å². The summed E-state index contributed by atoms with van der Waals surface area (Å²) in [7, 11) is 2.13. The van der Waals surface area contributed by atoms with E-state index >= 15 is 0 Å². The molecule has 0 aliphatic heterocycles. The standard InChI is InChI=1S/C11H18N4/c1-15(7-6-12-11-2-3-11)9-10-4-5-13-14-8-10/h4-5,8,11-12H,2-3,6-7,9H2,1H3. The maximum Gasteiger partial charge on any atom is 0.0541 e. The molecule has 0 unspecified atom stereocenters. The highest BCUT2D eigenvalue weighted by molar-refractivity contribution is 5.04. The van der Waals surface area contributed by atoms with Gasteiger partial charge in [0.1, 0.15) is 0 Å². The van der Waals surface area contributed by atoms with Crippen LogP contribution in [0.15, 0.2) is 18.5 Å². The fraction of sp³-hybridized carbons (Fsp3) is 0.636. The summed E-state index contributed by atoms with van der Waals surface area (Å²) in [6.45, 7) is 3.11. The molecule has 1 aliphatic carbocycles. The Morgan fingerprint density at radius 2 is 2.33 bits per heavy atom. The lowest BCUT2D eigenvalue weighted by Crippen LogP contribution is -2.30. The maximum atomic E-state index is 3.86. The molecule has 1 N–H and O–H groups in total. The number of likely N-dealkylation sites (N-methyl/N-ethyl adjacent to an activating group) is 1. The fourth-order valence-corrected chi connectivity index (χ4v) is 1.55. The minimum absolute atomic E-state index is 0.806. The Labute approximate surface area is 90.7 Å². The van der Waals surface area contributed by atoms with Crippen LogP contribution < -0.4 is 5.32 Å². The summed E-state index contributed by atoms with van der Waals surface area (Å²) in [5.41, 5.74) is 1.22. The molecule has 1 fully saturated rings. The molecule has 1 heterocycles. The van der Waals surface area contributed by atoms with Crippen LogP contribution in [-0.2, 0) is 6.54 Å². The van der Waals surface area contributed by atoms with Crippen LogP contribution in [0.5, 0.6) is 0 Å². The second-order valence-corrected chi connectivity index (χ2v) is 4.22. The Balaban J connectivity index is 1.65. The molecule has 0 saturated heterocycles. The summed E-state index contributed by atoms with van der Waals surface area (Å²) in [5.74, 6) is 0. The predicted octanol–water partition coefficient (Wildman–Crippen LogP) is 0.660. The Kier molecular flexibility index (Phi) is 3.64. The van der Waals surface area contributed by atoms with Gasteiger partial charge in [0.15, 0.2) is 0 Å². The third kappa shape index (κ3) is 3.93. The van der Waals surface area contributed by atoms with Gasteiger partial charge in [-0.25, -0.2) is 0 Å². The van der Waals surface area contributed by atoms with Gasteiger partial charge >= 0.3 is 0 Å². The number of hydrogen-bond acceptors (Lipinski definition) is 4. The molecule has 1 aromatic heterocycles. The van der Waals surface area contributed by atoms with E-state index in [1.165, 1.54) is 18.4 Å². The van der Waals surface area contributed by atoms with Crippen LogP contribution in [0.4, 0.5) is 0 Å². The van der Waals surface area contributed by atoms with E-state index in [0.717, 1.165) is 25.7 Å². The number of rotatable bonds is 6. The molecule has 4 heteroatoms. The van der Waals surface area contributed by atoms with Crippen molar-refractivity contribution in [2.45, 2.75) is 25.4 Å². The topological polar surface area (TPSA) is 41.0 Å². The van der Waals surface area contributed by atoms with Gasteiger partial charge in [0.2, 0.25) is 0 Å². The summed E-state index contributed by atoms with van der Waals surface area (Å²) in [6.07, 6.45) is 6.28. The van der Waals surface area contributed by atoms with E-state index in [9.17, 15) is 0 Å². The first kappa shape index (κ1) is 10.5. The lowest BCUT2D eigenvalue weighted by atomic mass is 10.3. The molecule has 1 aromatic rings. The van der Waals surface area contributed by atoms with Gasteiger partial charge in [0.05, 0.1) is 6.20 Å². The van der Waals surface area contributed by atoms with Crippen molar-refractivity contribution < 1.29 is 0 Å². The first-order valence-electron chi connectivity index (χ1n) is 5.52. The largest absolute Gasteiger partial charge is 0.313 e. The summed E-state index contributed by atoms with van der Waals surface area (Å²) < 4.78 is 0. The smallest absolute Gasteiger partial charge is 0.0541 e. The van der Waals surface area contributed by atoms with Crippen molar-refractivity contribution in [2.75, 3.05) is 20.1 Å². The van der Waals surface area contributed by atoms with Crippen LogP contribution in [0.2, 0.25) is 0 Å². The Bertz CT molecular complexity index is 284. The first-order valence-corrected chi connectivity index (χ1v) is 5.52. The van der Waals surface area contributed by atoms with E-state index in [4.69, 9.17) is 0 Å². The third-order valence-corrected chi connectivity index (χ3v) is 2.60. The fourth-order valence-electron chi connectivity index (χ4n) is 1.55. The summed E-state index contributed by atoms with van der Waals surface area (Å²) >= 11 is 0. The van der Waals surface area contributed by atoms with E-state index in [0.29, 0.717) is 0 Å². The lowest BCUT2D eigenvalue weighted by Gasteiger charge is -2.16. The minimum Gasteiger partial charge on any atom is -0.313 e. The van der Waals surface area contributed by atoms with Crippen molar-refractivity contribution in [1.29, 1.82) is 0 Å². The zero-order valence-corrected chi connectivity index (χ0v) is 9.19. The second kappa shape index (κ2) is 5.19. The molecule has 1 saturated carbocycles. The second-order valence-electron chi connectivity index (χ2n) is 4.22. The van der Waals surface area contributed by atoms with Gasteiger partial charge in [-0.05, 0) is 31.5 Å². The third-order valence-electron chi connectivity index (χ3n) is 2.60. The van der Waals surface area contributed by atoms with Gasteiger partial charge in [-0.3, -0.25) is 0 Å². The van der Waals surface area contributed by atoms with Crippen LogP contribution in [0, 0.1) is 0 Å². The monoisotopic (exact) mass is 206 g/mol. The number of hydrogen-bond donors (Lipinski definition) is 1. The van der Waals surface area contributed by atoms with Gasteiger partial charge in [0, 0.05) is 31.9 Å². The Morgan fingerprint density at radius 3 is 3.00 bits per heavy atom. The first-order chi connectivity index (χ1) is 7.34.